The number of hydrogen-bond acceptors (Lipinski definition) is 6. The summed E-state index contributed by atoms with van der Waals surface area (Å²) in [6.45, 7) is 6.46. The van der Waals surface area contributed by atoms with Crippen LogP contribution in [0.2, 0.25) is 0 Å². The Bertz CT molecular complexity index is 509. The number of ketones is 1. The van der Waals surface area contributed by atoms with Crippen molar-refractivity contribution >= 4 is 28.2 Å². The highest BCUT2D eigenvalue weighted by atomic mass is 32.1. The highest BCUT2D eigenvalue weighted by Crippen LogP contribution is 2.36. The zero-order valence-electron chi connectivity index (χ0n) is 12.1. The summed E-state index contributed by atoms with van der Waals surface area (Å²) >= 11 is 1.22. The first-order chi connectivity index (χ1) is 9.52. The number of esters is 1. The molecule has 1 aliphatic rings. The smallest absolute Gasteiger partial charge is 0.358 e. The van der Waals surface area contributed by atoms with Crippen molar-refractivity contribution < 1.29 is 14.3 Å². The molecule has 0 spiro atoms. The van der Waals surface area contributed by atoms with Crippen molar-refractivity contribution in [2.45, 2.75) is 33.6 Å². The van der Waals surface area contributed by atoms with Crippen LogP contribution in [0.4, 0.5) is 5.13 Å². The van der Waals surface area contributed by atoms with E-state index < -0.39 is 5.97 Å². The molecule has 0 aromatic carbocycles. The van der Waals surface area contributed by atoms with Crippen LogP contribution in [0.5, 0.6) is 0 Å². The normalized spacial score (nSPS) is 15.8. The molecule has 20 heavy (non-hydrogen) atoms. The lowest BCUT2D eigenvalue weighted by Crippen LogP contribution is -2.13. The van der Waals surface area contributed by atoms with Gasteiger partial charge >= 0.3 is 5.97 Å². The van der Waals surface area contributed by atoms with E-state index in [0.717, 1.165) is 12.5 Å². The van der Waals surface area contributed by atoms with Gasteiger partial charge in [0.25, 0.3) is 0 Å². The third kappa shape index (κ3) is 3.56. The van der Waals surface area contributed by atoms with E-state index >= 15 is 0 Å². The number of anilines is 1. The Labute approximate surface area is 122 Å². The van der Waals surface area contributed by atoms with Gasteiger partial charge in [0.15, 0.2) is 16.6 Å². The second-order valence-corrected chi connectivity index (χ2v) is 6.17. The molecule has 0 amide bonds. The highest BCUT2D eigenvalue weighted by Gasteiger charge is 2.28. The van der Waals surface area contributed by atoms with Gasteiger partial charge in [0.05, 0.1) is 6.61 Å². The molecule has 0 aliphatic heterocycles. The molecule has 1 heterocycles. The number of carbonyl (C=O) groups is 2. The van der Waals surface area contributed by atoms with Gasteiger partial charge in [-0.3, -0.25) is 4.79 Å². The number of rotatable bonds is 7. The molecule has 0 saturated heterocycles. The van der Waals surface area contributed by atoms with Crippen LogP contribution in [0.25, 0.3) is 0 Å². The average molecular weight is 296 g/mol. The molecule has 0 radical (unpaired) electrons. The van der Waals surface area contributed by atoms with Crippen LogP contribution < -0.4 is 5.32 Å². The maximum Gasteiger partial charge on any atom is 0.358 e. The molecule has 5 nitrogen and oxygen atoms in total. The van der Waals surface area contributed by atoms with Gasteiger partial charge < -0.3 is 10.1 Å². The van der Waals surface area contributed by atoms with Crippen molar-refractivity contribution in [3.05, 3.63) is 10.6 Å². The minimum Gasteiger partial charge on any atom is -0.461 e. The number of Topliss-reactive ketones (excluding diaryl/α,β-unsaturated/α-hetero) is 1. The first-order valence-corrected chi connectivity index (χ1v) is 7.77. The molecule has 110 valence electrons. The Morgan fingerprint density at radius 2 is 2.20 bits per heavy atom. The van der Waals surface area contributed by atoms with Gasteiger partial charge in [-0.2, -0.15) is 0 Å². The molecule has 6 heteroatoms. The highest BCUT2D eigenvalue weighted by molar-refractivity contribution is 7.17. The summed E-state index contributed by atoms with van der Waals surface area (Å²) in [6.07, 6.45) is 2.60. The van der Waals surface area contributed by atoms with E-state index in [9.17, 15) is 9.59 Å². The van der Waals surface area contributed by atoms with Gasteiger partial charge in [-0.15, -0.1) is 0 Å². The molecule has 1 saturated carbocycles. The van der Waals surface area contributed by atoms with Crippen molar-refractivity contribution in [3.8, 4) is 0 Å². The van der Waals surface area contributed by atoms with Crippen molar-refractivity contribution in [3.63, 3.8) is 0 Å². The Hall–Kier alpha value is -1.43. The van der Waals surface area contributed by atoms with Crippen molar-refractivity contribution in [2.24, 2.45) is 11.8 Å². The van der Waals surface area contributed by atoms with E-state index in [0.29, 0.717) is 15.9 Å². The predicted octanol–water partition coefficient (Wildman–Crippen LogP) is 2.98. The van der Waals surface area contributed by atoms with Crippen LogP contribution in [0.1, 0.15) is 53.8 Å². The lowest BCUT2D eigenvalue weighted by molar-refractivity contribution is 0.0517. The molecule has 0 bridgehead atoms. The SMILES string of the molecule is CCOC(=O)c1nc(NCC(C)C2CC2)sc1C(C)=O. The second-order valence-electron chi connectivity index (χ2n) is 5.17. The van der Waals surface area contributed by atoms with Crippen molar-refractivity contribution in [2.75, 3.05) is 18.5 Å². The quantitative estimate of drug-likeness (QED) is 0.619. The van der Waals surface area contributed by atoms with Gasteiger partial charge in [-0.05, 0) is 31.6 Å². The zero-order valence-corrected chi connectivity index (χ0v) is 12.9. The van der Waals surface area contributed by atoms with Crippen molar-refractivity contribution in [1.29, 1.82) is 0 Å². The van der Waals surface area contributed by atoms with Crippen molar-refractivity contribution in [1.82, 2.24) is 4.98 Å². The molecular weight excluding hydrogens is 276 g/mol. The monoisotopic (exact) mass is 296 g/mol. The topological polar surface area (TPSA) is 68.3 Å². The summed E-state index contributed by atoms with van der Waals surface area (Å²) in [4.78, 5) is 27.9. The average Bonchev–Trinajstić information content (AvgIpc) is 3.15. The molecular formula is C14H20N2O3S. The number of hydrogen-bond donors (Lipinski definition) is 1. The fourth-order valence-electron chi connectivity index (χ4n) is 2.05. The predicted molar refractivity (Wildman–Crippen MR) is 78.5 cm³/mol. The summed E-state index contributed by atoms with van der Waals surface area (Å²) in [5, 5.41) is 3.84. The van der Waals surface area contributed by atoms with Crippen LogP contribution in [-0.4, -0.2) is 29.9 Å². The standard InChI is InChI=1S/C14H20N2O3S/c1-4-19-13(18)11-12(9(3)17)20-14(16-11)15-7-8(2)10-5-6-10/h8,10H,4-7H2,1-3H3,(H,15,16). The molecule has 2 rings (SSSR count). The van der Waals surface area contributed by atoms with E-state index in [1.54, 1.807) is 6.92 Å². The summed E-state index contributed by atoms with van der Waals surface area (Å²) in [6, 6.07) is 0. The molecule has 1 unspecified atom stereocenters. The van der Waals surface area contributed by atoms with Crippen LogP contribution in [0.3, 0.4) is 0 Å². The molecule has 1 aromatic heterocycles. The Kier molecular flexibility index (Phi) is 4.75. The number of nitrogens with zero attached hydrogens (tertiary/aromatic N) is 1. The fraction of sp³-hybridized carbons (Fsp3) is 0.643. The molecule has 1 aliphatic carbocycles. The number of ether oxygens (including phenoxy) is 1. The summed E-state index contributed by atoms with van der Waals surface area (Å²) in [7, 11) is 0. The van der Waals surface area contributed by atoms with Gasteiger partial charge in [-0.25, -0.2) is 9.78 Å². The molecule has 1 aromatic rings. The van der Waals surface area contributed by atoms with Crippen LogP contribution in [-0.2, 0) is 4.74 Å². The Morgan fingerprint density at radius 3 is 2.75 bits per heavy atom. The maximum absolute atomic E-state index is 11.8. The fourth-order valence-corrected chi connectivity index (χ4v) is 2.91. The Morgan fingerprint density at radius 1 is 1.50 bits per heavy atom. The van der Waals surface area contributed by atoms with Gasteiger partial charge in [-0.1, -0.05) is 18.3 Å². The minimum absolute atomic E-state index is 0.130. The lowest BCUT2D eigenvalue weighted by Gasteiger charge is -2.09. The minimum atomic E-state index is -0.530. The second kappa shape index (κ2) is 6.35. The first kappa shape index (κ1) is 15.0. The maximum atomic E-state index is 11.8. The third-order valence-corrected chi connectivity index (χ3v) is 4.53. The molecule has 1 atom stereocenters. The first-order valence-electron chi connectivity index (χ1n) is 6.95. The largest absolute Gasteiger partial charge is 0.461 e. The number of carbonyl (C=O) groups excluding carboxylic acids is 2. The lowest BCUT2D eigenvalue weighted by atomic mass is 10.1. The van der Waals surface area contributed by atoms with Gasteiger partial charge in [0, 0.05) is 13.5 Å². The van der Waals surface area contributed by atoms with Crippen LogP contribution in [0, 0.1) is 11.8 Å². The number of nitrogens with one attached hydrogen (secondary N) is 1. The number of aromatic nitrogens is 1. The van der Waals surface area contributed by atoms with Crippen LogP contribution in [0.15, 0.2) is 0 Å². The van der Waals surface area contributed by atoms with Gasteiger partial charge in [0.1, 0.15) is 4.88 Å². The number of thiazole rings is 1. The molecule has 1 N–H and O–H groups in total. The summed E-state index contributed by atoms with van der Waals surface area (Å²) < 4.78 is 4.93. The van der Waals surface area contributed by atoms with E-state index in [4.69, 9.17) is 4.74 Å². The summed E-state index contributed by atoms with van der Waals surface area (Å²) in [5.41, 5.74) is 0.130. The van der Waals surface area contributed by atoms with Crippen LogP contribution >= 0.6 is 11.3 Å². The Balaban J connectivity index is 2.07. The zero-order chi connectivity index (χ0) is 14.7. The third-order valence-electron chi connectivity index (χ3n) is 3.42. The molecule has 1 fully saturated rings. The van der Waals surface area contributed by atoms with E-state index in [-0.39, 0.29) is 18.1 Å². The van der Waals surface area contributed by atoms with E-state index in [1.165, 1.54) is 31.1 Å². The van der Waals surface area contributed by atoms with Gasteiger partial charge in [0.2, 0.25) is 0 Å². The summed E-state index contributed by atoms with van der Waals surface area (Å²) in [5.74, 6) is 0.705. The van der Waals surface area contributed by atoms with E-state index in [2.05, 4.69) is 17.2 Å². The van der Waals surface area contributed by atoms with E-state index in [1.807, 2.05) is 0 Å².